The van der Waals surface area contributed by atoms with Gasteiger partial charge in [0.15, 0.2) is 0 Å². The second-order valence-electron chi connectivity index (χ2n) is 4.39. The zero-order valence-electron chi connectivity index (χ0n) is 10.2. The first-order valence-electron chi connectivity index (χ1n) is 5.60. The van der Waals surface area contributed by atoms with Gasteiger partial charge in [0.05, 0.1) is 6.54 Å². The van der Waals surface area contributed by atoms with Gasteiger partial charge >= 0.3 is 5.97 Å². The van der Waals surface area contributed by atoms with Crippen molar-refractivity contribution in [3.05, 3.63) is 11.1 Å². The van der Waals surface area contributed by atoms with Gasteiger partial charge in [0.1, 0.15) is 0 Å². The van der Waals surface area contributed by atoms with Gasteiger partial charge in [-0.2, -0.15) is 0 Å². The van der Waals surface area contributed by atoms with Crippen molar-refractivity contribution in [1.29, 1.82) is 0 Å². The monoisotopic (exact) mass is 235 g/mol. The third-order valence-electron chi connectivity index (χ3n) is 2.95. The zero-order chi connectivity index (χ0) is 13.0. The fourth-order valence-electron chi connectivity index (χ4n) is 1.50. The van der Waals surface area contributed by atoms with Crippen molar-refractivity contribution in [2.75, 3.05) is 13.1 Å². The number of carbonyl (C=O) groups is 2. The molecule has 1 rings (SSSR count). The predicted molar refractivity (Wildman–Crippen MR) is 64.1 cm³/mol. The summed E-state index contributed by atoms with van der Waals surface area (Å²) in [4.78, 5) is 24.4. The van der Waals surface area contributed by atoms with E-state index < -0.39 is 5.97 Å². The minimum absolute atomic E-state index is 0.0767. The summed E-state index contributed by atoms with van der Waals surface area (Å²) in [6, 6.07) is 0. The van der Waals surface area contributed by atoms with Crippen LogP contribution in [0.15, 0.2) is 11.1 Å². The third-order valence-corrected chi connectivity index (χ3v) is 2.95. The van der Waals surface area contributed by atoms with Crippen molar-refractivity contribution in [3.63, 3.8) is 0 Å². The van der Waals surface area contributed by atoms with Crippen LogP contribution in [0, 0.1) is 18.3 Å². The van der Waals surface area contributed by atoms with Crippen molar-refractivity contribution in [3.8, 4) is 12.3 Å². The molecule has 4 nitrogen and oxygen atoms in total. The lowest BCUT2D eigenvalue weighted by molar-refractivity contribution is -0.133. The molecule has 0 aliphatic heterocycles. The third kappa shape index (κ3) is 3.63. The molecule has 1 N–H and O–H groups in total. The predicted octanol–water partition coefficient (Wildman–Crippen LogP) is 1.28. The lowest BCUT2D eigenvalue weighted by atomic mass is 10.1. The number of carboxylic acids is 1. The Labute approximate surface area is 101 Å². The van der Waals surface area contributed by atoms with E-state index in [0.717, 1.165) is 12.8 Å². The van der Waals surface area contributed by atoms with Crippen LogP contribution in [0.3, 0.4) is 0 Å². The number of carbonyl (C=O) groups excluding carboxylic acids is 1. The largest absolute Gasteiger partial charge is 0.478 e. The molecule has 0 bridgehead atoms. The second kappa shape index (κ2) is 5.53. The molecule has 0 heterocycles. The first-order valence-corrected chi connectivity index (χ1v) is 5.60. The Balaban J connectivity index is 2.79. The Hall–Kier alpha value is -1.76. The van der Waals surface area contributed by atoms with E-state index in [1.54, 1.807) is 4.90 Å². The lowest BCUT2D eigenvalue weighted by Gasteiger charge is -2.20. The Bertz CT molecular complexity index is 399. The molecule has 17 heavy (non-hydrogen) atoms. The standard InChI is InChI=1S/C13H17NO3/c1-4-7-14(8-11-5-6-11)12(15)9(2)10(3)13(16)17/h1,11H,5-8H2,2-3H3,(H,16,17). The average Bonchev–Trinajstić information content (AvgIpc) is 3.09. The minimum atomic E-state index is -1.07. The molecule has 0 spiro atoms. The van der Waals surface area contributed by atoms with Crippen LogP contribution >= 0.6 is 0 Å². The molecule has 1 saturated carbocycles. The smallest absolute Gasteiger partial charge is 0.331 e. The number of carboxylic acid groups (broad SMARTS) is 1. The second-order valence-corrected chi connectivity index (χ2v) is 4.39. The van der Waals surface area contributed by atoms with Crippen molar-refractivity contribution < 1.29 is 14.7 Å². The Morgan fingerprint density at radius 2 is 1.94 bits per heavy atom. The van der Waals surface area contributed by atoms with Crippen LogP contribution in [-0.2, 0) is 9.59 Å². The van der Waals surface area contributed by atoms with Gasteiger partial charge in [-0.1, -0.05) is 5.92 Å². The number of terminal acetylenes is 1. The molecule has 0 unspecified atom stereocenters. The molecule has 92 valence electrons. The summed E-state index contributed by atoms with van der Waals surface area (Å²) in [7, 11) is 0. The van der Waals surface area contributed by atoms with E-state index in [9.17, 15) is 9.59 Å². The van der Waals surface area contributed by atoms with Crippen LogP contribution < -0.4 is 0 Å². The topological polar surface area (TPSA) is 57.6 Å². The zero-order valence-corrected chi connectivity index (χ0v) is 10.2. The van der Waals surface area contributed by atoms with E-state index >= 15 is 0 Å². The molecule has 0 radical (unpaired) electrons. The maximum atomic E-state index is 12.1. The highest BCUT2D eigenvalue weighted by Gasteiger charge is 2.27. The van der Waals surface area contributed by atoms with Gasteiger partial charge in [0, 0.05) is 17.7 Å². The summed E-state index contributed by atoms with van der Waals surface area (Å²) in [6.07, 6.45) is 7.46. The first-order chi connectivity index (χ1) is 7.97. The van der Waals surface area contributed by atoms with E-state index in [0.29, 0.717) is 12.5 Å². The van der Waals surface area contributed by atoms with Crippen LogP contribution in [-0.4, -0.2) is 35.0 Å². The van der Waals surface area contributed by atoms with Crippen molar-refractivity contribution >= 4 is 11.9 Å². The SMILES string of the molecule is C#CCN(CC1CC1)C(=O)C(C)=C(C)C(=O)O. The number of aliphatic carboxylic acids is 1. The first kappa shape index (κ1) is 13.3. The van der Waals surface area contributed by atoms with Crippen LogP contribution in [0.4, 0.5) is 0 Å². The highest BCUT2D eigenvalue weighted by Crippen LogP contribution is 2.30. The molecule has 4 heteroatoms. The van der Waals surface area contributed by atoms with E-state index in [2.05, 4.69) is 5.92 Å². The quantitative estimate of drug-likeness (QED) is 0.577. The summed E-state index contributed by atoms with van der Waals surface area (Å²) in [5.74, 6) is 1.64. The fourth-order valence-corrected chi connectivity index (χ4v) is 1.50. The van der Waals surface area contributed by atoms with Crippen LogP contribution in [0.5, 0.6) is 0 Å². The van der Waals surface area contributed by atoms with Gasteiger partial charge in [0.25, 0.3) is 5.91 Å². The maximum absolute atomic E-state index is 12.1. The number of rotatable bonds is 5. The van der Waals surface area contributed by atoms with E-state index in [1.807, 2.05) is 0 Å². The van der Waals surface area contributed by atoms with Crippen molar-refractivity contribution in [2.24, 2.45) is 5.92 Å². The molecule has 0 saturated heterocycles. The molecular formula is C13H17NO3. The van der Waals surface area contributed by atoms with Crippen LogP contribution in [0.2, 0.25) is 0 Å². The van der Waals surface area contributed by atoms with Gasteiger partial charge in [-0.3, -0.25) is 4.79 Å². The number of hydrogen-bond acceptors (Lipinski definition) is 2. The van der Waals surface area contributed by atoms with E-state index in [-0.39, 0.29) is 23.6 Å². The van der Waals surface area contributed by atoms with Gasteiger partial charge in [0.2, 0.25) is 0 Å². The summed E-state index contributed by atoms with van der Waals surface area (Å²) < 4.78 is 0. The highest BCUT2D eigenvalue weighted by atomic mass is 16.4. The number of nitrogens with zero attached hydrogens (tertiary/aromatic N) is 1. The Kier molecular flexibility index (Phi) is 4.33. The van der Waals surface area contributed by atoms with Gasteiger partial charge in [-0.05, 0) is 32.6 Å². The fraction of sp³-hybridized carbons (Fsp3) is 0.538. The molecule has 0 aromatic carbocycles. The lowest BCUT2D eigenvalue weighted by Crippen LogP contribution is -2.34. The van der Waals surface area contributed by atoms with E-state index in [4.69, 9.17) is 11.5 Å². The summed E-state index contributed by atoms with van der Waals surface area (Å²) in [6.45, 7) is 3.83. The molecular weight excluding hydrogens is 218 g/mol. The van der Waals surface area contributed by atoms with Crippen molar-refractivity contribution in [1.82, 2.24) is 4.90 Å². The highest BCUT2D eigenvalue weighted by molar-refractivity contribution is 6.01. The number of hydrogen-bond donors (Lipinski definition) is 1. The molecule has 1 fully saturated rings. The van der Waals surface area contributed by atoms with E-state index in [1.165, 1.54) is 13.8 Å². The van der Waals surface area contributed by atoms with Gasteiger partial charge in [-0.25, -0.2) is 4.79 Å². The number of amides is 1. The van der Waals surface area contributed by atoms with Crippen LogP contribution in [0.25, 0.3) is 0 Å². The Morgan fingerprint density at radius 3 is 2.35 bits per heavy atom. The normalized spacial score (nSPS) is 15.8. The van der Waals surface area contributed by atoms with Crippen molar-refractivity contribution in [2.45, 2.75) is 26.7 Å². The Morgan fingerprint density at radius 1 is 1.35 bits per heavy atom. The summed E-state index contributed by atoms with van der Waals surface area (Å²) >= 11 is 0. The maximum Gasteiger partial charge on any atom is 0.331 e. The summed E-state index contributed by atoms with van der Waals surface area (Å²) in [5.41, 5.74) is 0.334. The molecule has 0 aromatic rings. The molecule has 0 aromatic heterocycles. The molecule has 1 aliphatic carbocycles. The average molecular weight is 235 g/mol. The molecule has 1 aliphatic rings. The molecule has 1 amide bonds. The van der Waals surface area contributed by atoms with Gasteiger partial charge < -0.3 is 10.0 Å². The van der Waals surface area contributed by atoms with Crippen LogP contribution in [0.1, 0.15) is 26.7 Å². The summed E-state index contributed by atoms with van der Waals surface area (Å²) in [5, 5.41) is 8.84. The molecule has 0 atom stereocenters. The minimum Gasteiger partial charge on any atom is -0.478 e. The van der Waals surface area contributed by atoms with Gasteiger partial charge in [-0.15, -0.1) is 6.42 Å².